The first kappa shape index (κ1) is 7.28. The Labute approximate surface area is 80.3 Å². The van der Waals surface area contributed by atoms with Crippen LogP contribution in [0.15, 0.2) is 0 Å². The van der Waals surface area contributed by atoms with Crippen molar-refractivity contribution in [3.63, 3.8) is 0 Å². The lowest BCUT2D eigenvalue weighted by atomic mass is 9.62. The van der Waals surface area contributed by atoms with E-state index in [0.717, 1.165) is 35.8 Å². The van der Waals surface area contributed by atoms with E-state index in [9.17, 15) is 0 Å². The van der Waals surface area contributed by atoms with Gasteiger partial charge in [-0.25, -0.2) is 0 Å². The van der Waals surface area contributed by atoms with E-state index in [1.54, 1.807) is 19.3 Å². The molecule has 4 aliphatic carbocycles. The highest BCUT2D eigenvalue weighted by molar-refractivity contribution is 5.09. The van der Waals surface area contributed by atoms with Crippen LogP contribution in [0.3, 0.4) is 0 Å². The SMILES string of the molecule is C1CC1N[C@H]1C[C@H]2C3CCC(C3)[C@@H]12. The van der Waals surface area contributed by atoms with E-state index >= 15 is 0 Å². The molecule has 1 N–H and O–H groups in total. The van der Waals surface area contributed by atoms with Gasteiger partial charge in [-0.15, -0.1) is 0 Å². The zero-order chi connectivity index (χ0) is 8.41. The molecule has 4 aliphatic rings. The standard InChI is InChI=1S/C12H19N/c1-2-8-5-7(1)10-6-11(12(8)10)13-9-3-4-9/h7-13H,1-6H2/t7?,8?,10-,11-,12+/m0/s1. The highest BCUT2D eigenvalue weighted by atomic mass is 15.0. The second-order valence-corrected chi connectivity index (χ2v) is 5.86. The van der Waals surface area contributed by atoms with Gasteiger partial charge in [0, 0.05) is 12.1 Å². The summed E-state index contributed by atoms with van der Waals surface area (Å²) in [4.78, 5) is 0. The van der Waals surface area contributed by atoms with Gasteiger partial charge in [0.15, 0.2) is 0 Å². The zero-order valence-electron chi connectivity index (χ0n) is 8.21. The van der Waals surface area contributed by atoms with Crippen LogP contribution in [0.1, 0.15) is 38.5 Å². The van der Waals surface area contributed by atoms with Gasteiger partial charge in [0.1, 0.15) is 0 Å². The molecule has 0 aromatic heterocycles. The predicted octanol–water partition coefficient (Wildman–Crippen LogP) is 2.17. The molecule has 72 valence electrons. The Bertz CT molecular complexity index is 231. The van der Waals surface area contributed by atoms with Crippen molar-refractivity contribution in [3.05, 3.63) is 0 Å². The molecule has 0 saturated heterocycles. The lowest BCUT2D eigenvalue weighted by Crippen LogP contribution is -2.53. The van der Waals surface area contributed by atoms with Crippen LogP contribution in [0.25, 0.3) is 0 Å². The Kier molecular flexibility index (Phi) is 1.29. The summed E-state index contributed by atoms with van der Waals surface area (Å²) >= 11 is 0. The molecular formula is C12H19N. The maximum atomic E-state index is 3.85. The molecule has 2 unspecified atom stereocenters. The molecule has 2 bridgehead atoms. The summed E-state index contributed by atoms with van der Waals surface area (Å²) in [5.41, 5.74) is 0. The first-order valence-corrected chi connectivity index (χ1v) is 6.18. The van der Waals surface area contributed by atoms with Crippen molar-refractivity contribution in [2.24, 2.45) is 23.7 Å². The number of nitrogens with one attached hydrogen (secondary N) is 1. The molecular weight excluding hydrogens is 158 g/mol. The van der Waals surface area contributed by atoms with Crippen molar-refractivity contribution >= 4 is 0 Å². The molecule has 0 aromatic carbocycles. The maximum Gasteiger partial charge on any atom is 0.0106 e. The van der Waals surface area contributed by atoms with Gasteiger partial charge < -0.3 is 5.32 Å². The molecule has 4 rings (SSSR count). The second kappa shape index (κ2) is 2.31. The largest absolute Gasteiger partial charge is 0.311 e. The van der Waals surface area contributed by atoms with Gasteiger partial charge in [-0.3, -0.25) is 0 Å². The third kappa shape index (κ3) is 0.918. The van der Waals surface area contributed by atoms with Crippen LogP contribution in [0.2, 0.25) is 0 Å². The molecule has 0 aromatic rings. The minimum atomic E-state index is 0.935. The van der Waals surface area contributed by atoms with Gasteiger partial charge >= 0.3 is 0 Å². The van der Waals surface area contributed by atoms with E-state index in [4.69, 9.17) is 0 Å². The Hall–Kier alpha value is -0.0400. The van der Waals surface area contributed by atoms with E-state index in [1.165, 1.54) is 19.3 Å². The monoisotopic (exact) mass is 177 g/mol. The summed E-state index contributed by atoms with van der Waals surface area (Å²) < 4.78 is 0. The van der Waals surface area contributed by atoms with E-state index in [1.807, 2.05) is 0 Å². The Morgan fingerprint density at radius 2 is 1.69 bits per heavy atom. The number of hydrogen-bond donors (Lipinski definition) is 1. The van der Waals surface area contributed by atoms with Gasteiger partial charge in [-0.1, -0.05) is 0 Å². The van der Waals surface area contributed by atoms with Gasteiger partial charge in [0.05, 0.1) is 0 Å². The first-order chi connectivity index (χ1) is 6.42. The number of hydrogen-bond acceptors (Lipinski definition) is 1. The second-order valence-electron chi connectivity index (χ2n) is 5.86. The van der Waals surface area contributed by atoms with Crippen molar-refractivity contribution in [1.29, 1.82) is 0 Å². The molecule has 0 aliphatic heterocycles. The molecule has 0 amide bonds. The third-order valence-electron chi connectivity index (χ3n) is 5.18. The normalized spacial score (nSPS) is 57.7. The van der Waals surface area contributed by atoms with Gasteiger partial charge in [-0.2, -0.15) is 0 Å². The Balaban J connectivity index is 1.48. The van der Waals surface area contributed by atoms with Crippen molar-refractivity contribution in [2.45, 2.75) is 50.6 Å². The molecule has 0 heterocycles. The molecule has 0 radical (unpaired) electrons. The van der Waals surface area contributed by atoms with Gasteiger partial charge in [0.25, 0.3) is 0 Å². The van der Waals surface area contributed by atoms with Crippen molar-refractivity contribution in [2.75, 3.05) is 0 Å². The molecule has 13 heavy (non-hydrogen) atoms. The van der Waals surface area contributed by atoms with E-state index < -0.39 is 0 Å². The highest BCUT2D eigenvalue weighted by Crippen LogP contribution is 2.61. The molecule has 4 saturated carbocycles. The smallest absolute Gasteiger partial charge is 0.0106 e. The quantitative estimate of drug-likeness (QED) is 0.681. The minimum Gasteiger partial charge on any atom is -0.311 e. The van der Waals surface area contributed by atoms with Crippen LogP contribution in [0.4, 0.5) is 0 Å². The van der Waals surface area contributed by atoms with Crippen LogP contribution in [0.5, 0.6) is 0 Å². The number of fused-ring (bicyclic) bond motifs is 5. The molecule has 1 heteroatoms. The molecule has 5 atom stereocenters. The summed E-state index contributed by atoms with van der Waals surface area (Å²) in [5.74, 6) is 4.58. The van der Waals surface area contributed by atoms with Crippen molar-refractivity contribution in [1.82, 2.24) is 5.32 Å². The lowest BCUT2D eigenvalue weighted by Gasteiger charge is -2.48. The lowest BCUT2D eigenvalue weighted by molar-refractivity contribution is 0.0487. The van der Waals surface area contributed by atoms with Crippen LogP contribution < -0.4 is 5.32 Å². The minimum absolute atomic E-state index is 0.935. The average Bonchev–Trinajstić information content (AvgIpc) is 2.74. The molecule has 4 fully saturated rings. The van der Waals surface area contributed by atoms with E-state index in [0.29, 0.717) is 0 Å². The molecule has 0 spiro atoms. The van der Waals surface area contributed by atoms with Crippen LogP contribution in [0, 0.1) is 23.7 Å². The summed E-state index contributed by atoms with van der Waals surface area (Å²) in [7, 11) is 0. The van der Waals surface area contributed by atoms with Gasteiger partial charge in [-0.05, 0) is 62.2 Å². The zero-order valence-corrected chi connectivity index (χ0v) is 8.21. The first-order valence-electron chi connectivity index (χ1n) is 6.18. The maximum absolute atomic E-state index is 3.85. The van der Waals surface area contributed by atoms with Crippen molar-refractivity contribution in [3.8, 4) is 0 Å². The predicted molar refractivity (Wildman–Crippen MR) is 52.4 cm³/mol. The third-order valence-corrected chi connectivity index (χ3v) is 5.18. The van der Waals surface area contributed by atoms with E-state index in [2.05, 4.69) is 5.32 Å². The summed E-state index contributed by atoms with van der Waals surface area (Å²) in [6, 6.07) is 1.89. The summed E-state index contributed by atoms with van der Waals surface area (Å²) in [6.07, 6.45) is 9.18. The average molecular weight is 177 g/mol. The fourth-order valence-electron chi connectivity index (χ4n) is 4.42. The summed E-state index contributed by atoms with van der Waals surface area (Å²) in [6.45, 7) is 0. The fourth-order valence-corrected chi connectivity index (χ4v) is 4.42. The fraction of sp³-hybridized carbons (Fsp3) is 1.00. The van der Waals surface area contributed by atoms with Gasteiger partial charge in [0.2, 0.25) is 0 Å². The number of rotatable bonds is 2. The Morgan fingerprint density at radius 1 is 0.846 bits per heavy atom. The molecule has 1 nitrogen and oxygen atoms in total. The van der Waals surface area contributed by atoms with Crippen molar-refractivity contribution < 1.29 is 0 Å². The van der Waals surface area contributed by atoms with Crippen LogP contribution in [-0.4, -0.2) is 12.1 Å². The summed E-state index contributed by atoms with van der Waals surface area (Å²) in [5, 5.41) is 3.85. The van der Waals surface area contributed by atoms with E-state index in [-0.39, 0.29) is 0 Å². The topological polar surface area (TPSA) is 12.0 Å². The van der Waals surface area contributed by atoms with Crippen LogP contribution in [-0.2, 0) is 0 Å². The highest BCUT2D eigenvalue weighted by Gasteiger charge is 2.57. The van der Waals surface area contributed by atoms with Crippen LogP contribution >= 0.6 is 0 Å². The Morgan fingerprint density at radius 3 is 2.46 bits per heavy atom.